The summed E-state index contributed by atoms with van der Waals surface area (Å²) in [6.45, 7) is 6.27. The van der Waals surface area contributed by atoms with E-state index in [1.807, 2.05) is 18.2 Å². The molecule has 1 N–H and O–H groups in total. The van der Waals surface area contributed by atoms with Crippen molar-refractivity contribution < 1.29 is 9.47 Å². The van der Waals surface area contributed by atoms with Gasteiger partial charge in [0.15, 0.2) is 17.3 Å². The van der Waals surface area contributed by atoms with Crippen molar-refractivity contribution in [2.75, 3.05) is 14.2 Å². The van der Waals surface area contributed by atoms with Crippen molar-refractivity contribution in [1.29, 1.82) is 0 Å². The first-order chi connectivity index (χ1) is 8.95. The number of nitrogens with one attached hydrogen (secondary N) is 1. The van der Waals surface area contributed by atoms with E-state index in [4.69, 9.17) is 9.47 Å². The maximum absolute atomic E-state index is 5.28. The largest absolute Gasteiger partial charge is 0.493 e. The third-order valence-corrected chi connectivity index (χ3v) is 2.84. The Labute approximate surface area is 113 Å². The van der Waals surface area contributed by atoms with E-state index in [0.717, 1.165) is 11.4 Å². The van der Waals surface area contributed by atoms with Crippen LogP contribution in [0, 0.1) is 0 Å². The fraction of sp³-hybridized carbons (Fsp3) is 0.429. The Balaban J connectivity index is 2.39. The monoisotopic (exact) mass is 261 g/mol. The minimum Gasteiger partial charge on any atom is -0.493 e. The van der Waals surface area contributed by atoms with Gasteiger partial charge in [-0.2, -0.15) is 5.10 Å². The van der Waals surface area contributed by atoms with E-state index >= 15 is 0 Å². The molecule has 0 fully saturated rings. The SMILES string of the molecule is COc1ccc(-c2n[nH]c(C(C)(C)C)n2)cc1OC. The predicted molar refractivity (Wildman–Crippen MR) is 73.6 cm³/mol. The van der Waals surface area contributed by atoms with Gasteiger partial charge in [-0.3, -0.25) is 5.10 Å². The first kappa shape index (κ1) is 13.4. The molecule has 1 aromatic heterocycles. The van der Waals surface area contributed by atoms with Gasteiger partial charge in [0, 0.05) is 11.0 Å². The zero-order valence-electron chi connectivity index (χ0n) is 11.9. The highest BCUT2D eigenvalue weighted by Crippen LogP contribution is 2.31. The smallest absolute Gasteiger partial charge is 0.181 e. The molecule has 0 amide bonds. The van der Waals surface area contributed by atoms with E-state index in [1.165, 1.54) is 0 Å². The third-order valence-electron chi connectivity index (χ3n) is 2.84. The van der Waals surface area contributed by atoms with Gasteiger partial charge in [-0.1, -0.05) is 20.8 Å². The molecule has 5 nitrogen and oxygen atoms in total. The third kappa shape index (κ3) is 2.70. The molecule has 0 aliphatic carbocycles. The van der Waals surface area contributed by atoms with Gasteiger partial charge in [-0.25, -0.2) is 4.98 Å². The van der Waals surface area contributed by atoms with Crippen molar-refractivity contribution in [1.82, 2.24) is 15.2 Å². The second-order valence-electron chi connectivity index (χ2n) is 5.33. The maximum Gasteiger partial charge on any atom is 0.181 e. The van der Waals surface area contributed by atoms with Crippen molar-refractivity contribution in [3.05, 3.63) is 24.0 Å². The molecule has 19 heavy (non-hydrogen) atoms. The normalized spacial score (nSPS) is 11.4. The summed E-state index contributed by atoms with van der Waals surface area (Å²) in [5, 5.41) is 7.23. The van der Waals surface area contributed by atoms with Crippen molar-refractivity contribution in [3.8, 4) is 22.9 Å². The van der Waals surface area contributed by atoms with Crippen LogP contribution in [0.1, 0.15) is 26.6 Å². The fourth-order valence-corrected chi connectivity index (χ4v) is 1.70. The van der Waals surface area contributed by atoms with Crippen LogP contribution in [0.4, 0.5) is 0 Å². The fourth-order valence-electron chi connectivity index (χ4n) is 1.70. The lowest BCUT2D eigenvalue weighted by Crippen LogP contribution is -2.13. The van der Waals surface area contributed by atoms with Crippen LogP contribution in [0.15, 0.2) is 18.2 Å². The summed E-state index contributed by atoms with van der Waals surface area (Å²) < 4.78 is 10.5. The molecule has 1 heterocycles. The number of aromatic nitrogens is 3. The predicted octanol–water partition coefficient (Wildman–Crippen LogP) is 2.79. The lowest BCUT2D eigenvalue weighted by molar-refractivity contribution is 0.355. The summed E-state index contributed by atoms with van der Waals surface area (Å²) in [7, 11) is 3.22. The highest BCUT2D eigenvalue weighted by atomic mass is 16.5. The van der Waals surface area contributed by atoms with Crippen LogP contribution in [-0.2, 0) is 5.41 Å². The van der Waals surface area contributed by atoms with E-state index in [-0.39, 0.29) is 5.41 Å². The average molecular weight is 261 g/mol. The summed E-state index contributed by atoms with van der Waals surface area (Å²) in [6.07, 6.45) is 0. The van der Waals surface area contributed by atoms with Crippen molar-refractivity contribution in [2.45, 2.75) is 26.2 Å². The molecular formula is C14H19N3O2. The lowest BCUT2D eigenvalue weighted by atomic mass is 9.96. The second kappa shape index (κ2) is 4.91. The zero-order chi connectivity index (χ0) is 14.0. The topological polar surface area (TPSA) is 60.0 Å². The summed E-state index contributed by atoms with van der Waals surface area (Å²) in [4.78, 5) is 4.52. The molecular weight excluding hydrogens is 242 g/mol. The van der Waals surface area contributed by atoms with Crippen LogP contribution in [0.5, 0.6) is 11.5 Å². The summed E-state index contributed by atoms with van der Waals surface area (Å²) in [5.74, 6) is 2.88. The summed E-state index contributed by atoms with van der Waals surface area (Å²) in [6, 6.07) is 5.63. The number of H-pyrrole nitrogens is 1. The highest BCUT2D eigenvalue weighted by Gasteiger charge is 2.19. The van der Waals surface area contributed by atoms with Crippen LogP contribution in [0.3, 0.4) is 0 Å². The molecule has 0 atom stereocenters. The standard InChI is InChI=1S/C14H19N3O2/c1-14(2,3)13-15-12(16-17-13)9-6-7-10(18-4)11(8-9)19-5/h6-8H,1-5H3,(H,15,16,17). The van der Waals surface area contributed by atoms with Crippen molar-refractivity contribution in [3.63, 3.8) is 0 Å². The number of benzene rings is 1. The Kier molecular flexibility index (Phi) is 3.46. The van der Waals surface area contributed by atoms with Gasteiger partial charge >= 0.3 is 0 Å². The zero-order valence-corrected chi connectivity index (χ0v) is 11.9. The van der Waals surface area contributed by atoms with Gasteiger partial charge < -0.3 is 9.47 Å². The Morgan fingerprint density at radius 1 is 1.05 bits per heavy atom. The first-order valence-corrected chi connectivity index (χ1v) is 6.11. The Morgan fingerprint density at radius 3 is 2.26 bits per heavy atom. The minimum atomic E-state index is -0.0538. The molecule has 2 rings (SSSR count). The van der Waals surface area contributed by atoms with Crippen LogP contribution in [0.25, 0.3) is 11.4 Å². The van der Waals surface area contributed by atoms with Crippen molar-refractivity contribution >= 4 is 0 Å². The van der Waals surface area contributed by atoms with Gasteiger partial charge in [0.05, 0.1) is 14.2 Å². The van der Waals surface area contributed by atoms with E-state index < -0.39 is 0 Å². The van der Waals surface area contributed by atoms with Crippen LogP contribution in [0.2, 0.25) is 0 Å². The quantitative estimate of drug-likeness (QED) is 0.923. The maximum atomic E-state index is 5.28. The number of aromatic amines is 1. The Morgan fingerprint density at radius 2 is 1.74 bits per heavy atom. The Bertz CT molecular complexity index is 570. The van der Waals surface area contributed by atoms with Gasteiger partial charge in [0.25, 0.3) is 0 Å². The number of hydrogen-bond donors (Lipinski definition) is 1. The lowest BCUT2D eigenvalue weighted by Gasteiger charge is -2.13. The molecule has 0 aliphatic heterocycles. The summed E-state index contributed by atoms with van der Waals surface area (Å²) >= 11 is 0. The molecule has 2 aromatic rings. The number of methoxy groups -OCH3 is 2. The van der Waals surface area contributed by atoms with Crippen LogP contribution in [-0.4, -0.2) is 29.4 Å². The number of rotatable bonds is 3. The molecule has 1 aromatic carbocycles. The molecule has 0 unspecified atom stereocenters. The summed E-state index contributed by atoms with van der Waals surface area (Å²) in [5.41, 5.74) is 0.839. The molecule has 0 saturated heterocycles. The molecule has 5 heteroatoms. The molecule has 0 spiro atoms. The number of nitrogens with zero attached hydrogens (tertiary/aromatic N) is 2. The van der Waals surface area contributed by atoms with E-state index in [0.29, 0.717) is 17.3 Å². The van der Waals surface area contributed by atoms with E-state index in [1.54, 1.807) is 14.2 Å². The molecule has 0 bridgehead atoms. The second-order valence-corrected chi connectivity index (χ2v) is 5.33. The Hall–Kier alpha value is -2.04. The number of ether oxygens (including phenoxy) is 2. The minimum absolute atomic E-state index is 0.0538. The average Bonchev–Trinajstić information content (AvgIpc) is 2.87. The van der Waals surface area contributed by atoms with Gasteiger partial charge in [0.2, 0.25) is 0 Å². The van der Waals surface area contributed by atoms with Crippen LogP contribution >= 0.6 is 0 Å². The van der Waals surface area contributed by atoms with Crippen molar-refractivity contribution in [2.24, 2.45) is 0 Å². The number of hydrogen-bond acceptors (Lipinski definition) is 4. The highest BCUT2D eigenvalue weighted by molar-refractivity contribution is 5.60. The van der Waals surface area contributed by atoms with Crippen LogP contribution < -0.4 is 9.47 Å². The molecule has 0 radical (unpaired) electrons. The molecule has 0 saturated carbocycles. The molecule has 0 aliphatic rings. The first-order valence-electron chi connectivity index (χ1n) is 6.11. The van der Waals surface area contributed by atoms with E-state index in [9.17, 15) is 0 Å². The van der Waals surface area contributed by atoms with E-state index in [2.05, 4.69) is 36.0 Å². The molecule has 102 valence electrons. The van der Waals surface area contributed by atoms with Gasteiger partial charge in [-0.15, -0.1) is 0 Å². The van der Waals surface area contributed by atoms with Gasteiger partial charge in [0.1, 0.15) is 5.82 Å². The van der Waals surface area contributed by atoms with Gasteiger partial charge in [-0.05, 0) is 18.2 Å².